The predicted molar refractivity (Wildman–Crippen MR) is 78.9 cm³/mol. The molecule has 0 spiro atoms. The van der Waals surface area contributed by atoms with Crippen LogP contribution in [-0.2, 0) is 0 Å². The van der Waals surface area contributed by atoms with Crippen molar-refractivity contribution in [3.05, 3.63) is 0 Å². The molecular formula is C16H32N2. The van der Waals surface area contributed by atoms with Crippen molar-refractivity contribution in [2.45, 2.75) is 64.8 Å². The summed E-state index contributed by atoms with van der Waals surface area (Å²) in [4.78, 5) is 2.70. The van der Waals surface area contributed by atoms with Gasteiger partial charge in [-0.2, -0.15) is 0 Å². The number of hydrogen-bond donors (Lipinski definition) is 1. The van der Waals surface area contributed by atoms with Crippen molar-refractivity contribution >= 4 is 0 Å². The Balaban J connectivity index is 1.66. The fourth-order valence-electron chi connectivity index (χ4n) is 3.74. The number of nitrogens with one attached hydrogen (secondary N) is 1. The monoisotopic (exact) mass is 252 g/mol. The fraction of sp³-hybridized carbons (Fsp3) is 1.00. The predicted octanol–water partition coefficient (Wildman–Crippen LogP) is 3.28. The molecule has 0 radical (unpaired) electrons. The van der Waals surface area contributed by atoms with Crippen LogP contribution in [0.15, 0.2) is 0 Å². The van der Waals surface area contributed by atoms with Crippen LogP contribution in [0, 0.1) is 11.8 Å². The van der Waals surface area contributed by atoms with Crippen molar-refractivity contribution in [2.24, 2.45) is 11.8 Å². The second-order valence-corrected chi connectivity index (χ2v) is 6.62. The van der Waals surface area contributed by atoms with E-state index in [4.69, 9.17) is 0 Å². The van der Waals surface area contributed by atoms with Crippen molar-refractivity contribution in [1.29, 1.82) is 0 Å². The minimum absolute atomic E-state index is 0.768. The Bertz CT molecular complexity index is 229. The van der Waals surface area contributed by atoms with Crippen LogP contribution in [-0.4, -0.2) is 37.1 Å². The molecule has 1 aliphatic heterocycles. The average Bonchev–Trinajstić information content (AvgIpc) is 2.61. The van der Waals surface area contributed by atoms with E-state index in [1.54, 1.807) is 0 Å². The zero-order chi connectivity index (χ0) is 12.8. The molecule has 0 aromatic rings. The van der Waals surface area contributed by atoms with Gasteiger partial charge < -0.3 is 10.2 Å². The maximum absolute atomic E-state index is 3.66. The Labute approximate surface area is 114 Å². The highest BCUT2D eigenvalue weighted by atomic mass is 15.2. The third-order valence-corrected chi connectivity index (χ3v) is 5.05. The second-order valence-electron chi connectivity index (χ2n) is 6.62. The van der Waals surface area contributed by atoms with E-state index < -0.39 is 0 Å². The molecule has 2 rings (SSSR count). The molecule has 1 saturated heterocycles. The van der Waals surface area contributed by atoms with Crippen LogP contribution >= 0.6 is 0 Å². The highest BCUT2D eigenvalue weighted by Crippen LogP contribution is 2.30. The van der Waals surface area contributed by atoms with Gasteiger partial charge in [0.2, 0.25) is 0 Å². The molecule has 1 aliphatic carbocycles. The lowest BCUT2D eigenvalue weighted by molar-refractivity contribution is 0.217. The summed E-state index contributed by atoms with van der Waals surface area (Å²) in [5.74, 6) is 2.01. The van der Waals surface area contributed by atoms with Gasteiger partial charge in [0.15, 0.2) is 0 Å². The van der Waals surface area contributed by atoms with E-state index in [2.05, 4.69) is 24.1 Å². The summed E-state index contributed by atoms with van der Waals surface area (Å²) in [5, 5.41) is 3.66. The van der Waals surface area contributed by atoms with E-state index in [1.807, 2.05) is 0 Å². The smallest absolute Gasteiger partial charge is 0.0107 e. The zero-order valence-corrected chi connectivity index (χ0v) is 12.5. The number of hydrogen-bond acceptors (Lipinski definition) is 2. The molecule has 1 saturated carbocycles. The summed E-state index contributed by atoms with van der Waals surface area (Å²) in [6, 6.07) is 0.768. The molecular weight excluding hydrogens is 220 g/mol. The highest BCUT2D eigenvalue weighted by molar-refractivity contribution is 4.76. The number of rotatable bonds is 4. The van der Waals surface area contributed by atoms with Crippen molar-refractivity contribution in [3.8, 4) is 0 Å². The lowest BCUT2D eigenvalue weighted by Crippen LogP contribution is -2.31. The second kappa shape index (κ2) is 7.49. The number of nitrogens with zero attached hydrogens (tertiary/aromatic N) is 1. The first kappa shape index (κ1) is 14.3. The van der Waals surface area contributed by atoms with Crippen LogP contribution < -0.4 is 5.32 Å². The Hall–Kier alpha value is -0.0800. The molecule has 3 atom stereocenters. The van der Waals surface area contributed by atoms with Crippen LogP contribution in [0.5, 0.6) is 0 Å². The molecule has 1 N–H and O–H groups in total. The summed E-state index contributed by atoms with van der Waals surface area (Å²) in [5.41, 5.74) is 0. The van der Waals surface area contributed by atoms with Crippen molar-refractivity contribution in [3.63, 3.8) is 0 Å². The van der Waals surface area contributed by atoms with E-state index >= 15 is 0 Å². The molecule has 0 aromatic heterocycles. The van der Waals surface area contributed by atoms with E-state index in [9.17, 15) is 0 Å². The first-order chi connectivity index (χ1) is 8.78. The Morgan fingerprint density at radius 2 is 2.06 bits per heavy atom. The van der Waals surface area contributed by atoms with Gasteiger partial charge in [-0.1, -0.05) is 33.1 Å². The molecule has 2 fully saturated rings. The van der Waals surface area contributed by atoms with Gasteiger partial charge in [0.25, 0.3) is 0 Å². The van der Waals surface area contributed by atoms with Crippen LogP contribution in [0.4, 0.5) is 0 Å². The van der Waals surface area contributed by atoms with Crippen LogP contribution in [0.2, 0.25) is 0 Å². The maximum atomic E-state index is 3.66. The van der Waals surface area contributed by atoms with Gasteiger partial charge in [0, 0.05) is 19.1 Å². The average molecular weight is 252 g/mol. The summed E-state index contributed by atoms with van der Waals surface area (Å²) in [6.45, 7) is 9.85. The Morgan fingerprint density at radius 3 is 2.83 bits per heavy atom. The van der Waals surface area contributed by atoms with Gasteiger partial charge in [-0.05, 0) is 50.6 Å². The normalized spacial score (nSPS) is 35.3. The van der Waals surface area contributed by atoms with Crippen LogP contribution in [0.1, 0.15) is 58.8 Å². The van der Waals surface area contributed by atoms with Crippen molar-refractivity contribution < 1.29 is 0 Å². The quantitative estimate of drug-likeness (QED) is 0.826. The van der Waals surface area contributed by atoms with Crippen molar-refractivity contribution in [2.75, 3.05) is 26.2 Å². The molecule has 1 heterocycles. The molecule has 0 amide bonds. The third kappa shape index (κ3) is 4.55. The topological polar surface area (TPSA) is 15.3 Å². The Kier molecular flexibility index (Phi) is 5.97. The van der Waals surface area contributed by atoms with E-state index in [0.29, 0.717) is 0 Å². The van der Waals surface area contributed by atoms with Crippen LogP contribution in [0.3, 0.4) is 0 Å². The largest absolute Gasteiger partial charge is 0.313 e. The summed E-state index contributed by atoms with van der Waals surface area (Å²) in [7, 11) is 0. The third-order valence-electron chi connectivity index (χ3n) is 5.05. The minimum Gasteiger partial charge on any atom is -0.313 e. The zero-order valence-electron chi connectivity index (χ0n) is 12.5. The maximum Gasteiger partial charge on any atom is 0.0107 e. The molecule has 0 aromatic carbocycles. The fourth-order valence-corrected chi connectivity index (χ4v) is 3.74. The SMILES string of the molecule is CCC1CCN(CCC2CCCC(C)C2)CCN1. The molecule has 3 unspecified atom stereocenters. The molecule has 0 bridgehead atoms. The van der Waals surface area contributed by atoms with Gasteiger partial charge in [-0.25, -0.2) is 0 Å². The Morgan fingerprint density at radius 1 is 1.17 bits per heavy atom. The minimum atomic E-state index is 0.768. The molecule has 106 valence electrons. The first-order valence-corrected chi connectivity index (χ1v) is 8.23. The van der Waals surface area contributed by atoms with E-state index in [0.717, 1.165) is 17.9 Å². The summed E-state index contributed by atoms with van der Waals surface area (Å²) >= 11 is 0. The summed E-state index contributed by atoms with van der Waals surface area (Å²) < 4.78 is 0. The van der Waals surface area contributed by atoms with Gasteiger partial charge in [0.05, 0.1) is 0 Å². The van der Waals surface area contributed by atoms with E-state index in [-0.39, 0.29) is 0 Å². The highest BCUT2D eigenvalue weighted by Gasteiger charge is 2.20. The van der Waals surface area contributed by atoms with Gasteiger partial charge >= 0.3 is 0 Å². The summed E-state index contributed by atoms with van der Waals surface area (Å²) in [6.07, 6.45) is 10.0. The standard InChI is InChI=1S/C16H32N2/c1-3-16-8-11-18(12-9-17-16)10-7-15-6-4-5-14(2)13-15/h14-17H,3-13H2,1-2H3. The van der Waals surface area contributed by atoms with Gasteiger partial charge in [-0.3, -0.25) is 0 Å². The van der Waals surface area contributed by atoms with Gasteiger partial charge in [0.1, 0.15) is 0 Å². The van der Waals surface area contributed by atoms with Crippen molar-refractivity contribution in [1.82, 2.24) is 10.2 Å². The molecule has 18 heavy (non-hydrogen) atoms. The lowest BCUT2D eigenvalue weighted by Gasteiger charge is -2.29. The van der Waals surface area contributed by atoms with E-state index in [1.165, 1.54) is 71.1 Å². The molecule has 2 aliphatic rings. The van der Waals surface area contributed by atoms with Gasteiger partial charge in [-0.15, -0.1) is 0 Å². The first-order valence-electron chi connectivity index (χ1n) is 8.23. The van der Waals surface area contributed by atoms with Crippen LogP contribution in [0.25, 0.3) is 0 Å². The molecule has 2 heteroatoms. The lowest BCUT2D eigenvalue weighted by atomic mass is 9.81. The molecule has 2 nitrogen and oxygen atoms in total.